The standard InChI is InChI=1S/C35H24FNO5/c1-20(38)42-27-13-7-10-22-16-19-28-35(33(40)25-11-5-6-12-26(25)34(35)41)29(21-14-17-24(36)18-15-21)31(37(28)30(22)27)32(39)23-8-3-2-4-9-23/h2-19,28-29,31H,1H3/t28-,29-,31+/m0/s1. The summed E-state index contributed by atoms with van der Waals surface area (Å²) in [5.41, 5.74) is 0.811. The van der Waals surface area contributed by atoms with E-state index in [-0.39, 0.29) is 22.7 Å². The van der Waals surface area contributed by atoms with E-state index >= 15 is 0 Å². The fourth-order valence-corrected chi connectivity index (χ4v) is 7.04. The molecule has 1 aliphatic carbocycles. The van der Waals surface area contributed by atoms with Crippen molar-refractivity contribution in [2.75, 3.05) is 4.90 Å². The third kappa shape index (κ3) is 3.49. The number of carbonyl (C=O) groups is 4. The number of Topliss-reactive ketones (excluding diaryl/α,β-unsaturated/α-hetero) is 3. The summed E-state index contributed by atoms with van der Waals surface area (Å²) in [5.74, 6) is -2.92. The number of carbonyl (C=O) groups excluding carboxylic acids is 4. The number of benzene rings is 4. The third-order valence-electron chi connectivity index (χ3n) is 8.60. The van der Waals surface area contributed by atoms with Crippen LogP contribution in [-0.2, 0) is 4.79 Å². The van der Waals surface area contributed by atoms with Crippen LogP contribution in [0.25, 0.3) is 6.08 Å². The maximum Gasteiger partial charge on any atom is 0.308 e. The first kappa shape index (κ1) is 25.8. The van der Waals surface area contributed by atoms with Gasteiger partial charge in [-0.3, -0.25) is 19.2 Å². The normalized spacial score (nSPS) is 21.2. The van der Waals surface area contributed by atoms with Gasteiger partial charge in [-0.25, -0.2) is 4.39 Å². The molecule has 2 aliphatic heterocycles. The van der Waals surface area contributed by atoms with E-state index in [0.717, 1.165) is 0 Å². The van der Waals surface area contributed by atoms with Gasteiger partial charge < -0.3 is 9.64 Å². The first-order valence-electron chi connectivity index (χ1n) is 13.7. The Kier molecular flexibility index (Phi) is 5.80. The zero-order valence-corrected chi connectivity index (χ0v) is 22.5. The molecule has 4 aromatic carbocycles. The van der Waals surface area contributed by atoms with Crippen molar-refractivity contribution < 1.29 is 28.3 Å². The van der Waals surface area contributed by atoms with Crippen LogP contribution in [0.15, 0.2) is 103 Å². The van der Waals surface area contributed by atoms with E-state index in [2.05, 4.69) is 0 Å². The fraction of sp³-hybridized carbons (Fsp3) is 0.143. The minimum absolute atomic E-state index is 0.213. The molecule has 0 radical (unpaired) electrons. The number of hydrogen-bond donors (Lipinski definition) is 0. The fourth-order valence-electron chi connectivity index (χ4n) is 7.04. The van der Waals surface area contributed by atoms with Gasteiger partial charge in [0.25, 0.3) is 0 Å². The van der Waals surface area contributed by atoms with Crippen molar-refractivity contribution in [2.24, 2.45) is 5.41 Å². The Morgan fingerprint density at radius 1 is 0.810 bits per heavy atom. The summed E-state index contributed by atoms with van der Waals surface area (Å²) >= 11 is 0. The molecule has 7 heteroatoms. The number of ether oxygens (including phenoxy) is 1. The van der Waals surface area contributed by atoms with Crippen LogP contribution in [0.1, 0.15) is 55.0 Å². The van der Waals surface area contributed by atoms with E-state index in [1.54, 1.807) is 83.8 Å². The van der Waals surface area contributed by atoms with Crippen LogP contribution >= 0.6 is 0 Å². The van der Waals surface area contributed by atoms with Gasteiger partial charge in [-0.05, 0) is 23.8 Å². The molecule has 6 nitrogen and oxygen atoms in total. The van der Waals surface area contributed by atoms with Crippen molar-refractivity contribution in [3.05, 3.63) is 137 Å². The van der Waals surface area contributed by atoms with Gasteiger partial charge in [0.15, 0.2) is 23.1 Å². The molecule has 206 valence electrons. The topological polar surface area (TPSA) is 80.8 Å². The summed E-state index contributed by atoms with van der Waals surface area (Å²) in [6.45, 7) is 1.29. The van der Waals surface area contributed by atoms with E-state index in [4.69, 9.17) is 4.74 Å². The molecule has 1 fully saturated rings. The average Bonchev–Trinajstić information content (AvgIpc) is 3.43. The Morgan fingerprint density at radius 3 is 2.10 bits per heavy atom. The Bertz CT molecular complexity index is 1790. The summed E-state index contributed by atoms with van der Waals surface area (Å²) in [6, 6.07) is 24.2. The van der Waals surface area contributed by atoms with Gasteiger partial charge in [-0.15, -0.1) is 0 Å². The number of halogens is 1. The van der Waals surface area contributed by atoms with Crippen LogP contribution in [0.2, 0.25) is 0 Å². The van der Waals surface area contributed by atoms with Gasteiger partial charge in [0, 0.05) is 35.1 Å². The molecule has 0 aromatic heterocycles. The predicted molar refractivity (Wildman–Crippen MR) is 154 cm³/mol. The van der Waals surface area contributed by atoms with Crippen molar-refractivity contribution in [1.82, 2.24) is 0 Å². The van der Waals surface area contributed by atoms with Crippen LogP contribution in [0.3, 0.4) is 0 Å². The van der Waals surface area contributed by atoms with Crippen LogP contribution in [-0.4, -0.2) is 35.4 Å². The monoisotopic (exact) mass is 557 g/mol. The number of rotatable bonds is 4. The molecule has 42 heavy (non-hydrogen) atoms. The van der Waals surface area contributed by atoms with E-state index < -0.39 is 46.8 Å². The average molecular weight is 558 g/mol. The van der Waals surface area contributed by atoms with Crippen molar-refractivity contribution in [3.8, 4) is 5.75 Å². The molecule has 0 bridgehead atoms. The van der Waals surface area contributed by atoms with E-state index in [1.807, 2.05) is 6.07 Å². The molecule has 0 unspecified atom stereocenters. The number of hydrogen-bond acceptors (Lipinski definition) is 6. The molecule has 3 atom stereocenters. The predicted octanol–water partition coefficient (Wildman–Crippen LogP) is 6.07. The lowest BCUT2D eigenvalue weighted by Crippen LogP contribution is -2.48. The van der Waals surface area contributed by atoms with Gasteiger partial charge in [-0.1, -0.05) is 91.0 Å². The first-order chi connectivity index (χ1) is 20.3. The van der Waals surface area contributed by atoms with Crippen molar-refractivity contribution in [3.63, 3.8) is 0 Å². The minimum Gasteiger partial charge on any atom is -0.424 e. The van der Waals surface area contributed by atoms with Crippen LogP contribution in [0, 0.1) is 11.2 Å². The Morgan fingerprint density at radius 2 is 1.45 bits per heavy atom. The summed E-state index contributed by atoms with van der Waals surface area (Å²) < 4.78 is 19.9. The third-order valence-corrected chi connectivity index (χ3v) is 8.60. The SMILES string of the molecule is CC(=O)Oc1cccc2c1N1[C@@H](C=C2)C2(C(=O)c3ccccc3C2=O)[C@@H](c2ccc(F)cc2)[C@@H]1C(=O)c1ccccc1. The highest BCUT2D eigenvalue weighted by atomic mass is 19.1. The molecule has 2 heterocycles. The van der Waals surface area contributed by atoms with E-state index in [9.17, 15) is 23.6 Å². The number of anilines is 1. The Balaban J connectivity index is 1.57. The van der Waals surface area contributed by atoms with Gasteiger partial charge in [0.2, 0.25) is 0 Å². The molecular weight excluding hydrogens is 533 g/mol. The molecule has 0 amide bonds. The van der Waals surface area contributed by atoms with Crippen molar-refractivity contribution >= 4 is 35.1 Å². The summed E-state index contributed by atoms with van der Waals surface area (Å²) in [7, 11) is 0. The highest BCUT2D eigenvalue weighted by molar-refractivity contribution is 6.32. The largest absolute Gasteiger partial charge is 0.424 e. The lowest BCUT2D eigenvalue weighted by molar-refractivity contribution is -0.131. The number of nitrogens with zero attached hydrogens (tertiary/aromatic N) is 1. The van der Waals surface area contributed by atoms with Gasteiger partial charge in [-0.2, -0.15) is 0 Å². The molecule has 7 rings (SSSR count). The first-order valence-corrected chi connectivity index (χ1v) is 13.7. The van der Waals surface area contributed by atoms with E-state index in [0.29, 0.717) is 22.4 Å². The molecule has 1 saturated heterocycles. The second-order valence-corrected chi connectivity index (χ2v) is 10.8. The minimum atomic E-state index is -1.74. The van der Waals surface area contributed by atoms with Crippen molar-refractivity contribution in [2.45, 2.75) is 24.9 Å². The molecular formula is C35H24FNO5. The number of para-hydroxylation sites is 1. The number of ketones is 3. The molecule has 0 N–H and O–H groups in total. The summed E-state index contributed by atoms with van der Waals surface area (Å²) in [5, 5.41) is 0. The van der Waals surface area contributed by atoms with Crippen LogP contribution in [0.4, 0.5) is 10.1 Å². The molecule has 1 spiro atoms. The summed E-state index contributed by atoms with van der Waals surface area (Å²) in [6.07, 6.45) is 3.59. The number of fused-ring (bicyclic) bond motifs is 5. The smallest absolute Gasteiger partial charge is 0.308 e. The lowest BCUT2D eigenvalue weighted by Gasteiger charge is -2.37. The lowest BCUT2D eigenvalue weighted by atomic mass is 9.64. The zero-order valence-electron chi connectivity index (χ0n) is 22.5. The van der Waals surface area contributed by atoms with Gasteiger partial charge in [0.1, 0.15) is 17.3 Å². The number of esters is 1. The highest BCUT2D eigenvalue weighted by Gasteiger charge is 2.71. The Labute approximate surface area is 241 Å². The van der Waals surface area contributed by atoms with Crippen LogP contribution < -0.4 is 9.64 Å². The second-order valence-electron chi connectivity index (χ2n) is 10.8. The second kappa shape index (κ2) is 9.45. The molecule has 0 saturated carbocycles. The maximum atomic E-state index is 14.7. The Hall–Kier alpha value is -5.17. The van der Waals surface area contributed by atoms with Gasteiger partial charge >= 0.3 is 5.97 Å². The quantitative estimate of drug-likeness (QED) is 0.131. The highest BCUT2D eigenvalue weighted by Crippen LogP contribution is 2.62. The summed E-state index contributed by atoms with van der Waals surface area (Å²) in [4.78, 5) is 57.9. The van der Waals surface area contributed by atoms with Crippen LogP contribution in [0.5, 0.6) is 5.75 Å². The maximum absolute atomic E-state index is 14.7. The zero-order chi connectivity index (χ0) is 29.2. The molecule has 3 aliphatic rings. The van der Waals surface area contributed by atoms with Gasteiger partial charge in [0.05, 0.1) is 11.7 Å². The molecule has 4 aromatic rings. The van der Waals surface area contributed by atoms with E-state index in [1.165, 1.54) is 31.2 Å². The van der Waals surface area contributed by atoms with Crippen molar-refractivity contribution in [1.29, 1.82) is 0 Å².